The summed E-state index contributed by atoms with van der Waals surface area (Å²) in [7, 11) is 0. The molecule has 1 unspecified atom stereocenters. The highest BCUT2D eigenvalue weighted by Gasteiger charge is 2.56. The van der Waals surface area contributed by atoms with Crippen molar-refractivity contribution < 1.29 is 0 Å². The number of aromatic nitrogens is 3. The van der Waals surface area contributed by atoms with Gasteiger partial charge >= 0.3 is 0 Å². The second-order valence-electron chi connectivity index (χ2n) is 15.8. The zero-order valence-electron chi connectivity index (χ0n) is 31.2. The monoisotopic (exact) mass is 728 g/mol. The van der Waals surface area contributed by atoms with E-state index in [0.29, 0.717) is 0 Å². The number of fused-ring (bicyclic) bond motifs is 15. The predicted octanol–water partition coefficient (Wildman–Crippen LogP) is 12.6. The van der Waals surface area contributed by atoms with Gasteiger partial charge in [-0.2, -0.15) is 0 Å². The topological polar surface area (TPSA) is 34.8 Å². The van der Waals surface area contributed by atoms with Crippen molar-refractivity contribution in [1.29, 1.82) is 0 Å². The number of hydrogen-bond donors (Lipinski definition) is 1. The fourth-order valence-electron chi connectivity index (χ4n) is 10.9. The van der Waals surface area contributed by atoms with Crippen LogP contribution in [0.15, 0.2) is 193 Å². The summed E-state index contributed by atoms with van der Waals surface area (Å²) >= 11 is 0. The van der Waals surface area contributed by atoms with Gasteiger partial charge in [-0.25, -0.2) is 0 Å². The lowest BCUT2D eigenvalue weighted by Crippen LogP contribution is -2.34. The van der Waals surface area contributed by atoms with E-state index in [2.05, 4.69) is 184 Å². The van der Waals surface area contributed by atoms with Gasteiger partial charge in [0.1, 0.15) is 5.82 Å². The highest BCUT2D eigenvalue weighted by atomic mass is 15.2. The van der Waals surface area contributed by atoms with Gasteiger partial charge in [-0.3, -0.25) is 9.55 Å². The van der Waals surface area contributed by atoms with Gasteiger partial charge in [0.25, 0.3) is 0 Å². The molecule has 0 fully saturated rings. The molecule has 1 N–H and O–H groups in total. The SMILES string of the molecule is C1=CC2=C(CC1)C1Nc3c(c4ccccc4n3-c3ccc(-c4ccc(-n5c6ccccc6c6ncccc65)cc4)cc3)C=C1C21c2ccccc2-c2ccccc21. The molecule has 3 aromatic heterocycles. The number of benzene rings is 6. The second kappa shape index (κ2) is 11.4. The summed E-state index contributed by atoms with van der Waals surface area (Å²) in [5.74, 6) is 1.17. The number of anilines is 1. The van der Waals surface area contributed by atoms with Gasteiger partial charge in [0.2, 0.25) is 0 Å². The lowest BCUT2D eigenvalue weighted by Gasteiger charge is -2.35. The normalized spacial score (nSPS) is 17.1. The Hall–Kier alpha value is -7.17. The fourth-order valence-corrected chi connectivity index (χ4v) is 10.9. The van der Waals surface area contributed by atoms with Gasteiger partial charge in [0.05, 0.1) is 33.5 Å². The first-order chi connectivity index (χ1) is 28.3. The molecule has 0 bridgehead atoms. The predicted molar refractivity (Wildman–Crippen MR) is 234 cm³/mol. The van der Waals surface area contributed by atoms with Crippen LogP contribution in [0.5, 0.6) is 0 Å². The van der Waals surface area contributed by atoms with Crippen LogP contribution in [-0.4, -0.2) is 20.2 Å². The zero-order valence-corrected chi connectivity index (χ0v) is 31.2. The van der Waals surface area contributed by atoms with E-state index in [1.165, 1.54) is 83.3 Å². The fraction of sp³-hybridized carbons (Fsp3) is 0.0755. The molecule has 1 atom stereocenters. The van der Waals surface area contributed by atoms with Gasteiger partial charge in [0, 0.05) is 33.9 Å². The molecule has 3 aliphatic carbocycles. The molecule has 4 aliphatic rings. The quantitative estimate of drug-likeness (QED) is 0.197. The Morgan fingerprint density at radius 1 is 0.579 bits per heavy atom. The minimum Gasteiger partial charge on any atom is -0.360 e. The summed E-state index contributed by atoms with van der Waals surface area (Å²) in [6.07, 6.45) is 11.4. The molecule has 57 heavy (non-hydrogen) atoms. The lowest BCUT2D eigenvalue weighted by atomic mass is 9.68. The largest absolute Gasteiger partial charge is 0.360 e. The average Bonchev–Trinajstić information content (AvgIpc) is 3.98. The number of hydrogen-bond acceptors (Lipinski definition) is 2. The van der Waals surface area contributed by atoms with Crippen LogP contribution in [0.25, 0.3) is 72.5 Å². The van der Waals surface area contributed by atoms with E-state index in [-0.39, 0.29) is 11.5 Å². The Balaban J connectivity index is 0.928. The summed E-state index contributed by atoms with van der Waals surface area (Å²) in [6, 6.07) is 58.0. The van der Waals surface area contributed by atoms with Gasteiger partial charge in [0.15, 0.2) is 0 Å². The van der Waals surface area contributed by atoms with Crippen LogP contribution in [0.3, 0.4) is 0 Å². The Kier molecular flexibility index (Phi) is 6.24. The van der Waals surface area contributed by atoms with E-state index in [4.69, 9.17) is 4.98 Å². The molecule has 0 amide bonds. The standard InChI is InChI=1S/C53H36N4/c1-6-17-43-37(12-1)38-13-2-7-18-44(38)53(43)45-19-8-3-15-40(45)50-46(53)32-42-39-14-4-9-20-47(39)57(52(42)55-50)36-29-25-34(26-30-36)33-23-27-35(28-24-33)56-48-21-10-5-16-41(48)51-49(56)22-11-31-54-51/h1-2,4-14,16-32,50,55H,3,15H2. The highest BCUT2D eigenvalue weighted by Crippen LogP contribution is 2.64. The zero-order chi connectivity index (χ0) is 37.2. The van der Waals surface area contributed by atoms with E-state index in [9.17, 15) is 0 Å². The molecule has 0 saturated carbocycles. The summed E-state index contributed by atoms with van der Waals surface area (Å²) < 4.78 is 4.76. The third-order valence-electron chi connectivity index (χ3n) is 13.2. The van der Waals surface area contributed by atoms with Gasteiger partial charge < -0.3 is 9.88 Å². The maximum absolute atomic E-state index is 4.73. The number of nitrogens with one attached hydrogen (secondary N) is 1. The molecule has 0 radical (unpaired) electrons. The molecule has 4 heterocycles. The Morgan fingerprint density at radius 3 is 1.89 bits per heavy atom. The molecule has 1 spiro atoms. The third kappa shape index (κ3) is 4.04. The molecule has 0 saturated heterocycles. The van der Waals surface area contributed by atoms with Crippen LogP contribution in [0.2, 0.25) is 0 Å². The van der Waals surface area contributed by atoms with Crippen LogP contribution in [0.1, 0.15) is 29.5 Å². The van der Waals surface area contributed by atoms with Gasteiger partial charge in [-0.1, -0.05) is 121 Å². The second-order valence-corrected chi connectivity index (χ2v) is 15.8. The summed E-state index contributed by atoms with van der Waals surface area (Å²) in [4.78, 5) is 4.73. The first-order valence-corrected chi connectivity index (χ1v) is 20.1. The van der Waals surface area contributed by atoms with Crippen LogP contribution in [0.4, 0.5) is 5.82 Å². The van der Waals surface area contributed by atoms with Crippen LogP contribution in [0, 0.1) is 0 Å². The van der Waals surface area contributed by atoms with Crippen molar-refractivity contribution in [1.82, 2.24) is 14.1 Å². The van der Waals surface area contributed by atoms with Crippen molar-refractivity contribution in [2.75, 3.05) is 5.32 Å². The van der Waals surface area contributed by atoms with Crippen molar-refractivity contribution in [3.8, 4) is 33.6 Å². The summed E-state index contributed by atoms with van der Waals surface area (Å²) in [5.41, 5.74) is 20.1. The van der Waals surface area contributed by atoms with Crippen molar-refractivity contribution in [2.24, 2.45) is 0 Å². The van der Waals surface area contributed by atoms with Crippen molar-refractivity contribution in [2.45, 2.75) is 24.3 Å². The average molecular weight is 729 g/mol. The molecular weight excluding hydrogens is 693 g/mol. The lowest BCUT2D eigenvalue weighted by molar-refractivity contribution is 0.749. The smallest absolute Gasteiger partial charge is 0.119 e. The molecule has 4 nitrogen and oxygen atoms in total. The molecule has 268 valence electrons. The van der Waals surface area contributed by atoms with E-state index in [1.54, 1.807) is 0 Å². The van der Waals surface area contributed by atoms with Crippen LogP contribution < -0.4 is 5.32 Å². The van der Waals surface area contributed by atoms with E-state index in [1.807, 2.05) is 12.3 Å². The van der Waals surface area contributed by atoms with Crippen molar-refractivity contribution >= 4 is 44.7 Å². The minimum absolute atomic E-state index is 0.114. The Morgan fingerprint density at radius 2 is 1.18 bits per heavy atom. The van der Waals surface area contributed by atoms with E-state index >= 15 is 0 Å². The molecule has 1 aliphatic heterocycles. The number of para-hydroxylation sites is 2. The maximum atomic E-state index is 4.73. The Labute approximate surface area is 330 Å². The number of rotatable bonds is 3. The summed E-state index contributed by atoms with van der Waals surface area (Å²) in [5, 5.41) is 6.65. The van der Waals surface area contributed by atoms with E-state index in [0.717, 1.165) is 35.2 Å². The van der Waals surface area contributed by atoms with E-state index < -0.39 is 0 Å². The number of pyridine rings is 1. The molecule has 13 rings (SSSR count). The number of allylic oxidation sites excluding steroid dienone is 3. The summed E-state index contributed by atoms with van der Waals surface area (Å²) in [6.45, 7) is 0. The molecule has 9 aromatic rings. The molecular formula is C53H36N4. The van der Waals surface area contributed by atoms with Crippen molar-refractivity contribution in [3.63, 3.8) is 0 Å². The molecule has 4 heteroatoms. The Bertz CT molecular complexity index is 3160. The highest BCUT2D eigenvalue weighted by molar-refractivity contribution is 6.07. The first-order valence-electron chi connectivity index (χ1n) is 20.1. The van der Waals surface area contributed by atoms with Crippen LogP contribution >= 0.6 is 0 Å². The maximum Gasteiger partial charge on any atom is 0.119 e. The van der Waals surface area contributed by atoms with Gasteiger partial charge in [-0.05, 0) is 118 Å². The molecule has 6 aromatic carbocycles. The van der Waals surface area contributed by atoms with Gasteiger partial charge in [-0.15, -0.1) is 0 Å². The first kappa shape index (κ1) is 31.1. The number of nitrogens with zero attached hydrogens (tertiary/aromatic N) is 3. The third-order valence-corrected chi connectivity index (χ3v) is 13.2. The minimum atomic E-state index is -0.312. The van der Waals surface area contributed by atoms with Crippen LogP contribution in [-0.2, 0) is 5.41 Å². The van der Waals surface area contributed by atoms with Crippen molar-refractivity contribution in [3.05, 3.63) is 209 Å².